The second-order valence-corrected chi connectivity index (χ2v) is 7.00. The number of imidazole rings is 1. The van der Waals surface area contributed by atoms with E-state index in [0.717, 1.165) is 0 Å². The van der Waals surface area contributed by atoms with Crippen molar-refractivity contribution >= 4 is 42.7 Å². The summed E-state index contributed by atoms with van der Waals surface area (Å²) in [4.78, 5) is 16.5. The van der Waals surface area contributed by atoms with Gasteiger partial charge in [0, 0.05) is 4.47 Å². The lowest BCUT2D eigenvalue weighted by atomic mass is 10.3. The number of benzene rings is 2. The Kier molecular flexibility index (Phi) is 3.34. The molecule has 1 aromatic heterocycles. The summed E-state index contributed by atoms with van der Waals surface area (Å²) < 4.78 is 27.7. The van der Waals surface area contributed by atoms with E-state index in [2.05, 4.69) is 30.6 Å². The molecule has 108 valence electrons. The largest absolute Gasteiger partial charge is 0.323 e. The summed E-state index contributed by atoms with van der Waals surface area (Å²) in [5.74, 6) is 0. The van der Waals surface area contributed by atoms with Crippen molar-refractivity contribution in [3.8, 4) is 0 Å². The van der Waals surface area contributed by atoms with Crippen LogP contribution < -0.4 is 10.4 Å². The average molecular weight is 368 g/mol. The highest BCUT2D eigenvalue weighted by Gasteiger charge is 2.14. The molecule has 0 saturated carbocycles. The van der Waals surface area contributed by atoms with Crippen LogP contribution in [0.15, 0.2) is 56.6 Å². The molecule has 0 fully saturated rings. The lowest BCUT2D eigenvalue weighted by Crippen LogP contribution is -2.12. The predicted octanol–water partition coefficient (Wildman–Crippen LogP) is 2.42. The van der Waals surface area contributed by atoms with Crippen LogP contribution in [0.25, 0.3) is 11.0 Å². The summed E-state index contributed by atoms with van der Waals surface area (Å²) in [5, 5.41) is 0. The number of anilines is 1. The SMILES string of the molecule is O=c1[nH]c2ccc(NS(=O)(=O)c3cccc(Br)c3)cc2[nH]1. The molecular weight excluding hydrogens is 358 g/mol. The number of H-pyrrole nitrogens is 2. The minimum absolute atomic E-state index is 0.152. The molecule has 0 amide bonds. The first-order valence-electron chi connectivity index (χ1n) is 5.94. The second kappa shape index (κ2) is 5.05. The highest BCUT2D eigenvalue weighted by atomic mass is 79.9. The van der Waals surface area contributed by atoms with Gasteiger partial charge >= 0.3 is 5.69 Å². The van der Waals surface area contributed by atoms with Gasteiger partial charge in [0.2, 0.25) is 0 Å². The molecule has 6 nitrogen and oxygen atoms in total. The molecule has 0 unspecified atom stereocenters. The van der Waals surface area contributed by atoms with Gasteiger partial charge in [0.15, 0.2) is 0 Å². The normalized spacial score (nSPS) is 11.7. The number of halogens is 1. The maximum atomic E-state index is 12.3. The standard InChI is InChI=1S/C13H10BrN3O3S/c14-8-2-1-3-10(6-8)21(19,20)17-9-4-5-11-12(7-9)16-13(18)15-11/h1-7,17H,(H2,15,16,18). The quantitative estimate of drug-likeness (QED) is 0.663. The van der Waals surface area contributed by atoms with E-state index in [9.17, 15) is 13.2 Å². The molecule has 3 N–H and O–H groups in total. The first kappa shape index (κ1) is 13.9. The summed E-state index contributed by atoms with van der Waals surface area (Å²) in [6, 6.07) is 11.2. The fourth-order valence-corrected chi connectivity index (χ4v) is 3.59. The maximum absolute atomic E-state index is 12.3. The van der Waals surface area contributed by atoms with Crippen LogP contribution in [-0.4, -0.2) is 18.4 Å². The van der Waals surface area contributed by atoms with E-state index < -0.39 is 10.0 Å². The van der Waals surface area contributed by atoms with Crippen molar-refractivity contribution in [1.82, 2.24) is 9.97 Å². The number of rotatable bonds is 3. The molecular formula is C13H10BrN3O3S. The summed E-state index contributed by atoms with van der Waals surface area (Å²) in [5.41, 5.74) is 1.19. The number of sulfonamides is 1. The Morgan fingerprint density at radius 2 is 1.76 bits per heavy atom. The van der Waals surface area contributed by atoms with E-state index in [4.69, 9.17) is 0 Å². The highest BCUT2D eigenvalue weighted by molar-refractivity contribution is 9.10. The topological polar surface area (TPSA) is 94.8 Å². The van der Waals surface area contributed by atoms with Gasteiger partial charge in [-0.25, -0.2) is 13.2 Å². The van der Waals surface area contributed by atoms with Gasteiger partial charge in [0.25, 0.3) is 10.0 Å². The van der Waals surface area contributed by atoms with Crippen molar-refractivity contribution in [1.29, 1.82) is 0 Å². The highest BCUT2D eigenvalue weighted by Crippen LogP contribution is 2.21. The fraction of sp³-hybridized carbons (Fsp3) is 0. The molecule has 3 aromatic rings. The van der Waals surface area contributed by atoms with E-state index in [1.54, 1.807) is 30.3 Å². The van der Waals surface area contributed by atoms with Gasteiger partial charge in [0.05, 0.1) is 21.6 Å². The zero-order valence-electron chi connectivity index (χ0n) is 10.6. The van der Waals surface area contributed by atoms with Crippen LogP contribution in [0.3, 0.4) is 0 Å². The smallest absolute Gasteiger partial charge is 0.306 e. The summed E-state index contributed by atoms with van der Waals surface area (Å²) in [6.07, 6.45) is 0. The Morgan fingerprint density at radius 1 is 1.00 bits per heavy atom. The van der Waals surface area contributed by atoms with E-state index in [0.29, 0.717) is 21.2 Å². The van der Waals surface area contributed by atoms with Crippen LogP contribution in [0.2, 0.25) is 0 Å². The Bertz CT molecular complexity index is 975. The van der Waals surface area contributed by atoms with Gasteiger partial charge in [-0.15, -0.1) is 0 Å². The van der Waals surface area contributed by atoms with Crippen LogP contribution in [0.1, 0.15) is 0 Å². The fourth-order valence-electron chi connectivity index (χ4n) is 1.94. The van der Waals surface area contributed by atoms with Gasteiger partial charge < -0.3 is 9.97 Å². The van der Waals surface area contributed by atoms with Gasteiger partial charge in [-0.3, -0.25) is 4.72 Å². The van der Waals surface area contributed by atoms with Gasteiger partial charge in [-0.1, -0.05) is 22.0 Å². The first-order chi connectivity index (χ1) is 9.94. The molecule has 0 atom stereocenters. The molecule has 3 rings (SSSR count). The molecule has 8 heteroatoms. The van der Waals surface area contributed by atoms with Crippen molar-refractivity contribution in [3.63, 3.8) is 0 Å². The average Bonchev–Trinajstić information content (AvgIpc) is 2.77. The van der Waals surface area contributed by atoms with Gasteiger partial charge in [-0.2, -0.15) is 0 Å². The van der Waals surface area contributed by atoms with Crippen LogP contribution >= 0.6 is 15.9 Å². The van der Waals surface area contributed by atoms with Crippen LogP contribution in [0.4, 0.5) is 5.69 Å². The summed E-state index contributed by atoms with van der Waals surface area (Å²) in [6.45, 7) is 0. The van der Waals surface area contributed by atoms with Gasteiger partial charge in [0.1, 0.15) is 0 Å². The predicted molar refractivity (Wildman–Crippen MR) is 83.9 cm³/mol. The summed E-state index contributed by atoms with van der Waals surface area (Å²) >= 11 is 3.24. The first-order valence-corrected chi connectivity index (χ1v) is 8.22. The van der Waals surface area contributed by atoms with Crippen molar-refractivity contribution < 1.29 is 8.42 Å². The Labute approximate surface area is 128 Å². The van der Waals surface area contributed by atoms with Crippen LogP contribution in [0, 0.1) is 0 Å². The van der Waals surface area contributed by atoms with Gasteiger partial charge in [-0.05, 0) is 36.4 Å². The Balaban J connectivity index is 1.98. The Morgan fingerprint density at radius 3 is 2.52 bits per heavy atom. The molecule has 0 radical (unpaired) electrons. The minimum Gasteiger partial charge on any atom is -0.306 e. The molecule has 0 bridgehead atoms. The number of fused-ring (bicyclic) bond motifs is 1. The number of nitrogens with one attached hydrogen (secondary N) is 3. The lowest BCUT2D eigenvalue weighted by molar-refractivity contribution is 0.601. The number of hydrogen-bond donors (Lipinski definition) is 3. The number of aromatic nitrogens is 2. The van der Waals surface area contributed by atoms with Crippen molar-refractivity contribution in [2.45, 2.75) is 4.90 Å². The van der Waals surface area contributed by atoms with E-state index in [1.165, 1.54) is 12.1 Å². The third-order valence-corrected chi connectivity index (χ3v) is 4.75. The third-order valence-electron chi connectivity index (χ3n) is 2.87. The molecule has 21 heavy (non-hydrogen) atoms. The zero-order valence-corrected chi connectivity index (χ0v) is 13.0. The molecule has 0 saturated heterocycles. The third kappa shape index (κ3) is 2.86. The van der Waals surface area contributed by atoms with E-state index in [-0.39, 0.29) is 10.6 Å². The van der Waals surface area contributed by atoms with Crippen LogP contribution in [0.5, 0.6) is 0 Å². The monoisotopic (exact) mass is 367 g/mol. The zero-order chi connectivity index (χ0) is 15.0. The number of hydrogen-bond acceptors (Lipinski definition) is 3. The second-order valence-electron chi connectivity index (χ2n) is 4.40. The molecule has 2 aromatic carbocycles. The van der Waals surface area contributed by atoms with Crippen molar-refractivity contribution in [3.05, 3.63) is 57.4 Å². The molecule has 0 aliphatic rings. The van der Waals surface area contributed by atoms with E-state index in [1.807, 2.05) is 0 Å². The van der Waals surface area contributed by atoms with Crippen molar-refractivity contribution in [2.24, 2.45) is 0 Å². The molecule has 0 aliphatic carbocycles. The Hall–Kier alpha value is -2.06. The molecule has 1 heterocycles. The maximum Gasteiger partial charge on any atom is 0.323 e. The lowest BCUT2D eigenvalue weighted by Gasteiger charge is -2.08. The summed E-state index contributed by atoms with van der Waals surface area (Å²) in [7, 11) is -3.68. The minimum atomic E-state index is -3.68. The molecule has 0 spiro atoms. The van der Waals surface area contributed by atoms with E-state index >= 15 is 0 Å². The van der Waals surface area contributed by atoms with Crippen LogP contribution in [-0.2, 0) is 10.0 Å². The molecule has 0 aliphatic heterocycles. The number of aromatic amines is 2. The van der Waals surface area contributed by atoms with Crippen molar-refractivity contribution in [2.75, 3.05) is 4.72 Å².